The molecule has 0 spiro atoms. The van der Waals surface area contributed by atoms with Crippen LogP contribution in [-0.4, -0.2) is 65.4 Å². The Morgan fingerprint density at radius 2 is 2.09 bits per heavy atom. The Kier molecular flexibility index (Phi) is 5.74. The average molecular weight is 344 g/mol. The Balaban J connectivity index is 2.11. The molecule has 0 radical (unpaired) electrons. The van der Waals surface area contributed by atoms with Gasteiger partial charge in [0, 0.05) is 18.3 Å². The normalized spacial score (nSPS) is 21.3. The van der Waals surface area contributed by atoms with Crippen LogP contribution in [-0.2, 0) is 9.84 Å². The predicted octanol–water partition coefficient (Wildman–Crippen LogP) is 0.226. The molecule has 0 unspecified atom stereocenters. The third kappa shape index (κ3) is 4.64. The highest BCUT2D eigenvalue weighted by Crippen LogP contribution is 2.19. The SMILES string of the molecule is O=S1(=O)CC[C@H](N(C[C@H](O)CO)C(=S)Nc2ccccc2)C1. The molecule has 0 amide bonds. The van der Waals surface area contributed by atoms with Crippen LogP contribution in [0.5, 0.6) is 0 Å². The highest BCUT2D eigenvalue weighted by Gasteiger charge is 2.34. The second kappa shape index (κ2) is 7.36. The lowest BCUT2D eigenvalue weighted by atomic mass is 10.2. The van der Waals surface area contributed by atoms with Crippen molar-refractivity contribution in [1.82, 2.24) is 4.90 Å². The molecular formula is C14H20N2O4S2. The molecule has 2 atom stereocenters. The van der Waals surface area contributed by atoms with E-state index in [1.54, 1.807) is 4.90 Å². The quantitative estimate of drug-likeness (QED) is 0.659. The predicted molar refractivity (Wildman–Crippen MR) is 89.5 cm³/mol. The number of aliphatic hydroxyl groups excluding tert-OH is 2. The lowest BCUT2D eigenvalue weighted by Crippen LogP contribution is -2.47. The fraction of sp³-hybridized carbons (Fsp3) is 0.500. The maximum absolute atomic E-state index is 11.7. The summed E-state index contributed by atoms with van der Waals surface area (Å²) in [5, 5.41) is 22.1. The van der Waals surface area contributed by atoms with E-state index in [0.29, 0.717) is 11.5 Å². The molecule has 1 fully saturated rings. The number of hydrogen-bond donors (Lipinski definition) is 3. The fourth-order valence-electron chi connectivity index (χ4n) is 2.42. The maximum atomic E-state index is 11.7. The standard InChI is InChI=1S/C14H20N2O4S2/c17-9-13(18)8-16(12-6-7-22(19,20)10-12)14(21)15-11-4-2-1-3-5-11/h1-5,12-13,17-18H,6-10H2,(H,15,21)/t12-,13-/m0/s1. The van der Waals surface area contributed by atoms with Crippen LogP contribution in [0.2, 0.25) is 0 Å². The van der Waals surface area contributed by atoms with Gasteiger partial charge in [-0.15, -0.1) is 0 Å². The number of hydrogen-bond acceptors (Lipinski definition) is 5. The van der Waals surface area contributed by atoms with Crippen molar-refractivity contribution in [2.24, 2.45) is 0 Å². The van der Waals surface area contributed by atoms with Crippen molar-refractivity contribution in [2.45, 2.75) is 18.6 Å². The second-order valence-corrected chi connectivity index (χ2v) is 7.96. The number of sulfone groups is 1. The van der Waals surface area contributed by atoms with Gasteiger partial charge in [-0.05, 0) is 30.8 Å². The number of rotatable bonds is 5. The molecule has 3 N–H and O–H groups in total. The molecule has 1 aromatic carbocycles. The molecule has 1 aliphatic rings. The zero-order valence-electron chi connectivity index (χ0n) is 12.1. The number of nitrogens with zero attached hydrogens (tertiary/aromatic N) is 1. The minimum absolute atomic E-state index is 0.0156. The Hall–Kier alpha value is -1.22. The van der Waals surface area contributed by atoms with Crippen molar-refractivity contribution in [3.63, 3.8) is 0 Å². The van der Waals surface area contributed by atoms with Gasteiger partial charge in [-0.1, -0.05) is 18.2 Å². The van der Waals surface area contributed by atoms with Crippen LogP contribution < -0.4 is 5.32 Å². The van der Waals surface area contributed by atoms with Gasteiger partial charge in [0.15, 0.2) is 14.9 Å². The summed E-state index contributed by atoms with van der Waals surface area (Å²) in [7, 11) is -3.06. The Morgan fingerprint density at radius 3 is 2.64 bits per heavy atom. The topological polar surface area (TPSA) is 89.9 Å². The smallest absolute Gasteiger partial charge is 0.173 e. The summed E-state index contributed by atoms with van der Waals surface area (Å²) in [5.41, 5.74) is 0.789. The van der Waals surface area contributed by atoms with Crippen molar-refractivity contribution in [3.05, 3.63) is 30.3 Å². The highest BCUT2D eigenvalue weighted by atomic mass is 32.2. The van der Waals surface area contributed by atoms with Gasteiger partial charge in [0.25, 0.3) is 0 Å². The van der Waals surface area contributed by atoms with E-state index in [2.05, 4.69) is 5.32 Å². The van der Waals surface area contributed by atoms with Crippen LogP contribution in [0.1, 0.15) is 6.42 Å². The molecule has 2 rings (SSSR count). The highest BCUT2D eigenvalue weighted by molar-refractivity contribution is 7.91. The van der Waals surface area contributed by atoms with Gasteiger partial charge in [-0.2, -0.15) is 0 Å². The molecule has 1 saturated heterocycles. The van der Waals surface area contributed by atoms with E-state index in [4.69, 9.17) is 17.3 Å². The first-order valence-electron chi connectivity index (χ1n) is 7.03. The summed E-state index contributed by atoms with van der Waals surface area (Å²) in [6, 6.07) is 9.01. The zero-order valence-corrected chi connectivity index (χ0v) is 13.7. The fourth-order valence-corrected chi connectivity index (χ4v) is 4.49. The second-order valence-electron chi connectivity index (χ2n) is 5.34. The molecule has 22 heavy (non-hydrogen) atoms. The van der Waals surface area contributed by atoms with Gasteiger partial charge >= 0.3 is 0 Å². The molecule has 1 aliphatic heterocycles. The number of thiocarbonyl (C=S) groups is 1. The Labute approximate surface area is 135 Å². The number of para-hydroxylation sites is 1. The third-order valence-electron chi connectivity index (χ3n) is 3.55. The number of aliphatic hydroxyl groups is 2. The van der Waals surface area contributed by atoms with Crippen molar-refractivity contribution in [2.75, 3.05) is 30.0 Å². The summed E-state index contributed by atoms with van der Waals surface area (Å²) in [4.78, 5) is 1.66. The van der Waals surface area contributed by atoms with Crippen molar-refractivity contribution in [1.29, 1.82) is 0 Å². The monoisotopic (exact) mass is 344 g/mol. The van der Waals surface area contributed by atoms with Gasteiger partial charge in [-0.25, -0.2) is 8.42 Å². The molecule has 1 aromatic rings. The van der Waals surface area contributed by atoms with E-state index in [1.165, 1.54) is 0 Å². The van der Waals surface area contributed by atoms with Gasteiger partial charge in [0.2, 0.25) is 0 Å². The van der Waals surface area contributed by atoms with E-state index < -0.39 is 22.5 Å². The summed E-state index contributed by atoms with van der Waals surface area (Å²) >= 11 is 5.36. The average Bonchev–Trinajstić information content (AvgIpc) is 2.85. The number of nitrogens with one attached hydrogen (secondary N) is 1. The molecule has 0 aliphatic carbocycles. The van der Waals surface area contributed by atoms with E-state index in [9.17, 15) is 13.5 Å². The molecular weight excluding hydrogens is 324 g/mol. The van der Waals surface area contributed by atoms with Crippen LogP contribution in [0.3, 0.4) is 0 Å². The lowest BCUT2D eigenvalue weighted by molar-refractivity contribution is 0.0705. The number of benzene rings is 1. The molecule has 122 valence electrons. The summed E-state index contributed by atoms with van der Waals surface area (Å²) in [5.74, 6) is 0.138. The summed E-state index contributed by atoms with van der Waals surface area (Å²) in [6.45, 7) is -0.306. The minimum atomic E-state index is -3.06. The van der Waals surface area contributed by atoms with Gasteiger partial charge in [0.05, 0.1) is 24.2 Å². The van der Waals surface area contributed by atoms with Crippen molar-refractivity contribution in [3.8, 4) is 0 Å². The van der Waals surface area contributed by atoms with Crippen LogP contribution in [0.4, 0.5) is 5.69 Å². The van der Waals surface area contributed by atoms with Crippen molar-refractivity contribution >= 4 is 32.9 Å². The van der Waals surface area contributed by atoms with Crippen molar-refractivity contribution < 1.29 is 18.6 Å². The van der Waals surface area contributed by atoms with Gasteiger partial charge in [-0.3, -0.25) is 0 Å². The molecule has 0 aromatic heterocycles. The first-order valence-corrected chi connectivity index (χ1v) is 9.26. The van der Waals surface area contributed by atoms with Crippen LogP contribution in [0, 0.1) is 0 Å². The van der Waals surface area contributed by atoms with Crippen LogP contribution in [0.15, 0.2) is 30.3 Å². The molecule has 8 heteroatoms. The Morgan fingerprint density at radius 1 is 1.41 bits per heavy atom. The molecule has 1 heterocycles. The summed E-state index contributed by atoms with van der Waals surface area (Å²) < 4.78 is 23.4. The third-order valence-corrected chi connectivity index (χ3v) is 5.64. The van der Waals surface area contributed by atoms with E-state index in [-0.39, 0.29) is 24.1 Å². The van der Waals surface area contributed by atoms with Gasteiger partial charge in [0.1, 0.15) is 0 Å². The Bertz CT molecular complexity index is 607. The van der Waals surface area contributed by atoms with Gasteiger partial charge < -0.3 is 20.4 Å². The van der Waals surface area contributed by atoms with E-state index in [1.807, 2.05) is 30.3 Å². The van der Waals surface area contributed by atoms with Crippen LogP contribution in [0.25, 0.3) is 0 Å². The first-order chi connectivity index (χ1) is 10.4. The van der Waals surface area contributed by atoms with E-state index in [0.717, 1.165) is 5.69 Å². The minimum Gasteiger partial charge on any atom is -0.394 e. The summed E-state index contributed by atoms with van der Waals surface area (Å²) in [6.07, 6.45) is -0.504. The molecule has 6 nitrogen and oxygen atoms in total. The lowest BCUT2D eigenvalue weighted by Gasteiger charge is -2.32. The molecule has 0 saturated carbocycles. The number of anilines is 1. The zero-order chi connectivity index (χ0) is 16.2. The first kappa shape index (κ1) is 17.1. The maximum Gasteiger partial charge on any atom is 0.173 e. The largest absolute Gasteiger partial charge is 0.394 e. The molecule has 0 bridgehead atoms. The van der Waals surface area contributed by atoms with E-state index >= 15 is 0 Å². The van der Waals surface area contributed by atoms with Crippen LogP contribution >= 0.6 is 12.2 Å².